The molecule has 0 spiro atoms. The third-order valence-electron chi connectivity index (χ3n) is 1.65. The highest BCUT2D eigenvalue weighted by atomic mass is 14.9. The smallest absolute Gasteiger partial charge is 0.183 e. The van der Waals surface area contributed by atoms with Crippen LogP contribution in [0.3, 0.4) is 0 Å². The van der Waals surface area contributed by atoms with E-state index in [1.807, 2.05) is 0 Å². The number of nitrogens with one attached hydrogen (secondary N) is 1. The molecule has 4 heteroatoms. The first-order valence-electron chi connectivity index (χ1n) is 3.98. The van der Waals surface area contributed by atoms with Gasteiger partial charge in [-0.1, -0.05) is 19.3 Å². The molecule has 0 aromatic carbocycles. The molecule has 0 amide bonds. The summed E-state index contributed by atoms with van der Waals surface area (Å²) < 4.78 is 0. The van der Waals surface area contributed by atoms with Gasteiger partial charge >= 0.3 is 0 Å². The SMILES string of the molecule is N=C(N)N.NC1CCCCC1. The number of hydrogen-bond acceptors (Lipinski definition) is 2. The molecule has 0 aliphatic heterocycles. The van der Waals surface area contributed by atoms with Crippen LogP contribution in [0.1, 0.15) is 32.1 Å². The zero-order chi connectivity index (χ0) is 8.69. The van der Waals surface area contributed by atoms with Gasteiger partial charge in [-0.05, 0) is 12.8 Å². The summed E-state index contributed by atoms with van der Waals surface area (Å²) in [5.74, 6) is -0.333. The van der Waals surface area contributed by atoms with E-state index in [4.69, 9.17) is 11.1 Å². The van der Waals surface area contributed by atoms with Crippen molar-refractivity contribution in [2.24, 2.45) is 17.2 Å². The fraction of sp³-hybridized carbons (Fsp3) is 0.857. The number of rotatable bonds is 0. The van der Waals surface area contributed by atoms with E-state index in [0.717, 1.165) is 0 Å². The molecule has 1 fully saturated rings. The van der Waals surface area contributed by atoms with Gasteiger partial charge in [0.1, 0.15) is 0 Å². The Kier molecular flexibility index (Phi) is 5.56. The van der Waals surface area contributed by atoms with Gasteiger partial charge in [0.15, 0.2) is 5.96 Å². The van der Waals surface area contributed by atoms with E-state index in [1.54, 1.807) is 0 Å². The van der Waals surface area contributed by atoms with Crippen LogP contribution in [0, 0.1) is 5.41 Å². The van der Waals surface area contributed by atoms with E-state index < -0.39 is 0 Å². The Labute approximate surface area is 67.6 Å². The van der Waals surface area contributed by atoms with Crippen molar-refractivity contribution in [1.82, 2.24) is 0 Å². The van der Waals surface area contributed by atoms with Crippen LogP contribution in [-0.2, 0) is 0 Å². The van der Waals surface area contributed by atoms with Crippen molar-refractivity contribution in [2.75, 3.05) is 0 Å². The molecule has 0 saturated heterocycles. The summed E-state index contributed by atoms with van der Waals surface area (Å²) >= 11 is 0. The molecule has 0 atom stereocenters. The molecule has 1 rings (SSSR count). The van der Waals surface area contributed by atoms with Crippen molar-refractivity contribution in [3.8, 4) is 0 Å². The minimum absolute atomic E-state index is 0.333. The molecule has 0 aromatic rings. The maximum atomic E-state index is 6.06. The highest BCUT2D eigenvalue weighted by Gasteiger charge is 2.06. The number of nitrogens with two attached hydrogens (primary N) is 3. The third-order valence-corrected chi connectivity index (χ3v) is 1.65. The molecule has 1 aliphatic carbocycles. The molecule has 11 heavy (non-hydrogen) atoms. The maximum Gasteiger partial charge on any atom is 0.183 e. The van der Waals surface area contributed by atoms with Crippen molar-refractivity contribution >= 4 is 5.96 Å². The summed E-state index contributed by atoms with van der Waals surface area (Å²) in [6.07, 6.45) is 6.66. The van der Waals surface area contributed by atoms with E-state index in [9.17, 15) is 0 Å². The third kappa shape index (κ3) is 9.23. The largest absolute Gasteiger partial charge is 0.370 e. The minimum atomic E-state index is -0.333. The average Bonchev–Trinajstić information content (AvgIpc) is 1.87. The second kappa shape index (κ2) is 5.97. The molecular weight excluding hydrogens is 140 g/mol. The topological polar surface area (TPSA) is 102 Å². The van der Waals surface area contributed by atoms with E-state index in [0.29, 0.717) is 6.04 Å². The lowest BCUT2D eigenvalue weighted by Crippen LogP contribution is -2.22. The molecule has 0 radical (unpaired) electrons. The van der Waals surface area contributed by atoms with Crippen molar-refractivity contribution in [2.45, 2.75) is 38.1 Å². The van der Waals surface area contributed by atoms with Gasteiger partial charge in [0.2, 0.25) is 0 Å². The summed E-state index contributed by atoms with van der Waals surface area (Å²) in [7, 11) is 0. The van der Waals surface area contributed by atoms with Crippen molar-refractivity contribution in [3.63, 3.8) is 0 Å². The molecule has 0 aromatic heterocycles. The first-order valence-corrected chi connectivity index (χ1v) is 3.98. The van der Waals surface area contributed by atoms with E-state index >= 15 is 0 Å². The Hall–Kier alpha value is -0.770. The van der Waals surface area contributed by atoms with Crippen LogP contribution in [-0.4, -0.2) is 12.0 Å². The highest BCUT2D eigenvalue weighted by molar-refractivity contribution is 5.71. The summed E-state index contributed by atoms with van der Waals surface area (Å²) in [5.41, 5.74) is 14.6. The predicted octanol–water partition coefficient (Wildman–Crippen LogP) is 0.116. The molecule has 0 heterocycles. The summed E-state index contributed by atoms with van der Waals surface area (Å²) in [6, 6.07) is 0.536. The van der Waals surface area contributed by atoms with Gasteiger partial charge in [-0.15, -0.1) is 0 Å². The Morgan fingerprint density at radius 3 is 1.64 bits per heavy atom. The van der Waals surface area contributed by atoms with Crippen LogP contribution in [0.15, 0.2) is 0 Å². The van der Waals surface area contributed by atoms with Gasteiger partial charge in [-0.25, -0.2) is 0 Å². The molecule has 7 N–H and O–H groups in total. The molecule has 0 bridgehead atoms. The fourth-order valence-corrected chi connectivity index (χ4v) is 1.13. The Balaban J connectivity index is 0.000000218. The second-order valence-corrected chi connectivity index (χ2v) is 2.85. The summed E-state index contributed by atoms with van der Waals surface area (Å²) in [6.45, 7) is 0. The molecule has 1 saturated carbocycles. The first-order chi connectivity index (χ1) is 5.13. The minimum Gasteiger partial charge on any atom is -0.370 e. The predicted molar refractivity (Wildman–Crippen MR) is 47.2 cm³/mol. The maximum absolute atomic E-state index is 6.06. The molecule has 66 valence electrons. The Bertz CT molecular complexity index is 103. The van der Waals surface area contributed by atoms with Gasteiger partial charge in [0, 0.05) is 6.04 Å². The molecule has 0 unspecified atom stereocenters. The van der Waals surface area contributed by atoms with Gasteiger partial charge in [0.05, 0.1) is 0 Å². The molecule has 1 aliphatic rings. The zero-order valence-electron chi connectivity index (χ0n) is 6.84. The first kappa shape index (κ1) is 10.2. The lowest BCUT2D eigenvalue weighted by Gasteiger charge is -2.15. The number of hydrogen-bond donors (Lipinski definition) is 4. The highest BCUT2D eigenvalue weighted by Crippen LogP contribution is 2.14. The van der Waals surface area contributed by atoms with Gasteiger partial charge < -0.3 is 17.2 Å². The monoisotopic (exact) mass is 158 g/mol. The number of guanidine groups is 1. The van der Waals surface area contributed by atoms with Gasteiger partial charge in [0.25, 0.3) is 0 Å². The van der Waals surface area contributed by atoms with E-state index in [1.165, 1.54) is 32.1 Å². The average molecular weight is 158 g/mol. The fourth-order valence-electron chi connectivity index (χ4n) is 1.13. The normalized spacial score (nSPS) is 18.3. The molecular formula is C7H18N4. The van der Waals surface area contributed by atoms with Crippen LogP contribution in [0.5, 0.6) is 0 Å². The van der Waals surface area contributed by atoms with Gasteiger partial charge in [-0.2, -0.15) is 0 Å². The van der Waals surface area contributed by atoms with Crippen LogP contribution in [0.25, 0.3) is 0 Å². The summed E-state index contributed by atoms with van der Waals surface area (Å²) in [5, 5.41) is 6.06. The van der Waals surface area contributed by atoms with E-state index in [2.05, 4.69) is 11.5 Å². The van der Waals surface area contributed by atoms with Crippen LogP contribution < -0.4 is 17.2 Å². The van der Waals surface area contributed by atoms with Crippen LogP contribution >= 0.6 is 0 Å². The lowest BCUT2D eigenvalue weighted by molar-refractivity contribution is 0.441. The van der Waals surface area contributed by atoms with Crippen LogP contribution in [0.4, 0.5) is 0 Å². The van der Waals surface area contributed by atoms with Crippen molar-refractivity contribution in [3.05, 3.63) is 0 Å². The van der Waals surface area contributed by atoms with E-state index in [-0.39, 0.29) is 5.96 Å². The second-order valence-electron chi connectivity index (χ2n) is 2.85. The lowest BCUT2D eigenvalue weighted by atomic mass is 9.97. The quantitative estimate of drug-likeness (QED) is 0.297. The Morgan fingerprint density at radius 1 is 1.09 bits per heavy atom. The summed E-state index contributed by atoms with van der Waals surface area (Å²) in [4.78, 5) is 0. The van der Waals surface area contributed by atoms with Crippen molar-refractivity contribution < 1.29 is 0 Å². The molecule has 4 nitrogen and oxygen atoms in total. The Morgan fingerprint density at radius 2 is 1.45 bits per heavy atom. The standard InChI is InChI=1S/C6H13N.CH5N3/c7-6-4-2-1-3-5-6;2-1(3)4/h6H,1-5,7H2;(H5,2,3,4). The zero-order valence-corrected chi connectivity index (χ0v) is 6.84. The van der Waals surface area contributed by atoms with Crippen LogP contribution in [0.2, 0.25) is 0 Å². The van der Waals surface area contributed by atoms with Gasteiger partial charge in [-0.3, -0.25) is 5.41 Å². The van der Waals surface area contributed by atoms with Crippen molar-refractivity contribution in [1.29, 1.82) is 5.41 Å².